The predicted molar refractivity (Wildman–Crippen MR) is 123 cm³/mol. The minimum absolute atomic E-state index is 0.174. The van der Waals surface area contributed by atoms with Crippen LogP contribution in [-0.2, 0) is 25.0 Å². The molecule has 0 bridgehead atoms. The second kappa shape index (κ2) is 10.2. The van der Waals surface area contributed by atoms with Gasteiger partial charge in [-0.15, -0.1) is 0 Å². The number of hydrogen-bond donors (Lipinski definition) is 2. The summed E-state index contributed by atoms with van der Waals surface area (Å²) < 4.78 is 92.8. The molecule has 0 radical (unpaired) electrons. The standard InChI is InChI=1S/C22H19BrF5N3O4S/c1-36(34,35)11-18(32)30-10-16-15(17-7-2-12(9-29-17)19(24)25)8-21(22(26,27)28,31-20(16)33)13-3-5-14(23)6-4-13/h2-7,9,19H,8,10-11H2,1H3,(H,30,32)(H,31,33)/t21-/m1/s1. The monoisotopic (exact) mass is 595 g/mol. The van der Waals surface area contributed by atoms with Crippen molar-refractivity contribution in [1.82, 2.24) is 15.6 Å². The number of carbonyl (C=O) groups excluding carboxylic acids is 2. The van der Waals surface area contributed by atoms with Crippen LogP contribution in [0.1, 0.15) is 29.7 Å². The fraction of sp³-hybridized carbons (Fsp3) is 0.318. The van der Waals surface area contributed by atoms with Crippen LogP contribution in [0.5, 0.6) is 0 Å². The SMILES string of the molecule is CS(=O)(=O)CC(=O)NCC1=C(c2ccc(C(F)F)cn2)C[C@@](c2ccc(Br)cc2)(C(F)(F)F)NC1=O. The Hall–Kier alpha value is -2.87. The second-order valence-corrected chi connectivity index (χ2v) is 11.2. The highest BCUT2D eigenvalue weighted by molar-refractivity contribution is 9.10. The van der Waals surface area contributed by atoms with Crippen LogP contribution in [0.2, 0.25) is 0 Å². The van der Waals surface area contributed by atoms with E-state index in [2.05, 4.69) is 26.2 Å². The van der Waals surface area contributed by atoms with E-state index in [9.17, 15) is 40.0 Å². The summed E-state index contributed by atoms with van der Waals surface area (Å²) in [7, 11) is -3.71. The van der Waals surface area contributed by atoms with Gasteiger partial charge < -0.3 is 10.6 Å². The zero-order valence-corrected chi connectivity index (χ0v) is 20.9. The zero-order valence-electron chi connectivity index (χ0n) is 18.5. The first-order valence-corrected chi connectivity index (χ1v) is 13.0. The van der Waals surface area contributed by atoms with E-state index < -0.39 is 64.1 Å². The molecule has 2 aromatic rings. The number of pyridine rings is 1. The van der Waals surface area contributed by atoms with Gasteiger partial charge >= 0.3 is 6.18 Å². The molecule has 14 heteroatoms. The summed E-state index contributed by atoms with van der Waals surface area (Å²) in [5.74, 6) is -3.06. The topological polar surface area (TPSA) is 105 Å². The van der Waals surface area contributed by atoms with E-state index in [-0.39, 0.29) is 22.4 Å². The smallest absolute Gasteiger partial charge is 0.351 e. The van der Waals surface area contributed by atoms with Gasteiger partial charge in [-0.1, -0.05) is 28.1 Å². The Morgan fingerprint density at radius 1 is 1.19 bits per heavy atom. The van der Waals surface area contributed by atoms with Gasteiger partial charge in [0.25, 0.3) is 6.43 Å². The summed E-state index contributed by atoms with van der Waals surface area (Å²) in [5.41, 5.74) is -4.37. The van der Waals surface area contributed by atoms with E-state index >= 15 is 0 Å². The van der Waals surface area contributed by atoms with Gasteiger partial charge in [0.2, 0.25) is 11.8 Å². The van der Waals surface area contributed by atoms with Gasteiger partial charge in [-0.25, -0.2) is 17.2 Å². The van der Waals surface area contributed by atoms with Crippen LogP contribution in [-0.4, -0.2) is 49.9 Å². The first-order valence-electron chi connectivity index (χ1n) is 10.2. The van der Waals surface area contributed by atoms with E-state index in [4.69, 9.17) is 0 Å². The van der Waals surface area contributed by atoms with E-state index in [1.165, 1.54) is 24.3 Å². The van der Waals surface area contributed by atoms with Gasteiger partial charge in [0.1, 0.15) is 5.75 Å². The summed E-state index contributed by atoms with van der Waals surface area (Å²) in [6.45, 7) is -0.609. The molecule has 2 N–H and O–H groups in total. The lowest BCUT2D eigenvalue weighted by Crippen LogP contribution is -2.59. The highest BCUT2D eigenvalue weighted by Gasteiger charge is 2.59. The molecule has 1 atom stereocenters. The number of aromatic nitrogens is 1. The maximum atomic E-state index is 14.5. The molecule has 0 unspecified atom stereocenters. The number of sulfone groups is 1. The van der Waals surface area contributed by atoms with Gasteiger partial charge in [-0.3, -0.25) is 14.6 Å². The average molecular weight is 596 g/mol. The van der Waals surface area contributed by atoms with Crippen molar-refractivity contribution in [3.05, 3.63) is 69.5 Å². The number of alkyl halides is 5. The number of rotatable bonds is 7. The highest BCUT2D eigenvalue weighted by atomic mass is 79.9. The molecule has 2 heterocycles. The maximum absolute atomic E-state index is 14.5. The van der Waals surface area contributed by atoms with E-state index in [1.807, 2.05) is 5.32 Å². The normalized spacial score (nSPS) is 18.8. The lowest BCUT2D eigenvalue weighted by Gasteiger charge is -2.41. The van der Waals surface area contributed by atoms with Crippen LogP contribution in [0.3, 0.4) is 0 Å². The van der Waals surface area contributed by atoms with Crippen molar-refractivity contribution in [3.63, 3.8) is 0 Å². The van der Waals surface area contributed by atoms with Gasteiger partial charge in [0.05, 0.1) is 5.69 Å². The van der Waals surface area contributed by atoms with Crippen LogP contribution in [0.4, 0.5) is 22.0 Å². The number of nitrogens with zero attached hydrogens (tertiary/aromatic N) is 1. The molecule has 1 aliphatic heterocycles. The molecule has 1 aromatic carbocycles. The number of carbonyl (C=O) groups is 2. The highest BCUT2D eigenvalue weighted by Crippen LogP contribution is 2.48. The van der Waals surface area contributed by atoms with Crippen molar-refractivity contribution in [2.45, 2.75) is 24.6 Å². The molecule has 7 nitrogen and oxygen atoms in total. The Morgan fingerprint density at radius 2 is 1.83 bits per heavy atom. The number of halogens is 6. The third kappa shape index (κ3) is 6.09. The van der Waals surface area contributed by atoms with E-state index in [0.29, 0.717) is 4.47 Å². The molecule has 0 saturated heterocycles. The third-order valence-electron chi connectivity index (χ3n) is 5.43. The Labute approximate surface area is 211 Å². The average Bonchev–Trinajstić information content (AvgIpc) is 2.76. The zero-order chi connectivity index (χ0) is 26.9. The first kappa shape index (κ1) is 27.7. The number of hydrogen-bond acceptors (Lipinski definition) is 5. The summed E-state index contributed by atoms with van der Waals surface area (Å²) >= 11 is 3.15. The van der Waals surface area contributed by atoms with Crippen LogP contribution < -0.4 is 10.6 Å². The molecule has 0 spiro atoms. The van der Waals surface area contributed by atoms with Crippen molar-refractivity contribution in [3.8, 4) is 0 Å². The van der Waals surface area contributed by atoms with Gasteiger partial charge in [0.15, 0.2) is 15.4 Å². The van der Waals surface area contributed by atoms with Crippen molar-refractivity contribution >= 4 is 43.2 Å². The minimum atomic E-state index is -4.99. The molecule has 1 aliphatic rings. The Balaban J connectivity index is 2.13. The molecule has 0 fully saturated rings. The van der Waals surface area contributed by atoms with Gasteiger partial charge in [-0.05, 0) is 35.4 Å². The molecule has 1 aromatic heterocycles. The Morgan fingerprint density at radius 3 is 2.33 bits per heavy atom. The quantitative estimate of drug-likeness (QED) is 0.475. The van der Waals surface area contributed by atoms with Crippen LogP contribution >= 0.6 is 15.9 Å². The van der Waals surface area contributed by atoms with Crippen LogP contribution in [0.15, 0.2) is 52.6 Å². The molecule has 2 amide bonds. The molecular formula is C22H19BrF5N3O4S. The Bertz CT molecular complexity index is 1300. The lowest BCUT2D eigenvalue weighted by molar-refractivity contribution is -0.201. The summed E-state index contributed by atoms with van der Waals surface area (Å²) in [6, 6.07) is 7.14. The Kier molecular flexibility index (Phi) is 7.89. The van der Waals surface area contributed by atoms with E-state index in [1.54, 1.807) is 0 Å². The number of nitrogens with one attached hydrogen (secondary N) is 2. The van der Waals surface area contributed by atoms with Crippen molar-refractivity contribution in [1.29, 1.82) is 0 Å². The molecular weight excluding hydrogens is 577 g/mol. The molecule has 0 aliphatic carbocycles. The minimum Gasteiger partial charge on any atom is -0.351 e. The first-order chi connectivity index (χ1) is 16.6. The van der Waals surface area contributed by atoms with Gasteiger partial charge in [-0.2, -0.15) is 13.2 Å². The molecule has 194 valence electrons. The third-order valence-corrected chi connectivity index (χ3v) is 6.75. The molecule has 0 saturated carbocycles. The van der Waals surface area contributed by atoms with E-state index in [0.717, 1.165) is 24.6 Å². The maximum Gasteiger partial charge on any atom is 0.416 e. The summed E-state index contributed by atoms with van der Waals surface area (Å²) in [5, 5.41) is 4.21. The van der Waals surface area contributed by atoms with Crippen LogP contribution in [0, 0.1) is 0 Å². The van der Waals surface area contributed by atoms with Gasteiger partial charge in [0, 0.05) is 41.0 Å². The number of amides is 2. The van der Waals surface area contributed by atoms with Crippen LogP contribution in [0.25, 0.3) is 5.57 Å². The number of benzene rings is 1. The molecule has 3 rings (SSSR count). The summed E-state index contributed by atoms with van der Waals surface area (Å²) in [6.07, 6.45) is -7.12. The fourth-order valence-electron chi connectivity index (χ4n) is 3.69. The largest absolute Gasteiger partial charge is 0.416 e. The van der Waals surface area contributed by atoms with Crippen molar-refractivity contribution in [2.75, 3.05) is 18.6 Å². The van der Waals surface area contributed by atoms with Crippen molar-refractivity contribution in [2.24, 2.45) is 0 Å². The molecule has 36 heavy (non-hydrogen) atoms. The second-order valence-electron chi connectivity index (χ2n) is 8.12. The summed E-state index contributed by atoms with van der Waals surface area (Å²) in [4.78, 5) is 28.9. The predicted octanol–water partition coefficient (Wildman–Crippen LogP) is 3.67. The lowest BCUT2D eigenvalue weighted by atomic mass is 9.77. The fourth-order valence-corrected chi connectivity index (χ4v) is 4.53. The van der Waals surface area contributed by atoms with Crippen molar-refractivity contribution < 1.29 is 40.0 Å².